The summed E-state index contributed by atoms with van der Waals surface area (Å²) in [5.74, 6) is 0.701. The quantitative estimate of drug-likeness (QED) is 0.208. The third-order valence-electron chi connectivity index (χ3n) is 8.33. The number of fused-ring (bicyclic) bond motifs is 6. The molecule has 9 rings (SSSR count). The summed E-state index contributed by atoms with van der Waals surface area (Å²) >= 11 is 1.75. The Hall–Kier alpha value is -5.58. The molecule has 0 saturated carbocycles. The topological polar surface area (TPSA) is 38.9 Å². The molecule has 6 aromatic carbocycles. The molecular formula is C40H24N2OS. The van der Waals surface area contributed by atoms with Gasteiger partial charge in [0.1, 0.15) is 11.2 Å². The first kappa shape index (κ1) is 25.0. The molecule has 0 bridgehead atoms. The maximum absolute atomic E-state index is 6.53. The van der Waals surface area contributed by atoms with E-state index >= 15 is 0 Å². The van der Waals surface area contributed by atoms with Crippen molar-refractivity contribution in [2.75, 3.05) is 0 Å². The number of hydrogen-bond acceptors (Lipinski definition) is 4. The van der Waals surface area contributed by atoms with Gasteiger partial charge in [-0.3, -0.25) is 0 Å². The molecule has 0 saturated heterocycles. The van der Waals surface area contributed by atoms with Crippen LogP contribution in [0.15, 0.2) is 150 Å². The molecule has 3 nitrogen and oxygen atoms in total. The lowest BCUT2D eigenvalue weighted by atomic mass is 9.94. The van der Waals surface area contributed by atoms with E-state index < -0.39 is 0 Å². The van der Waals surface area contributed by atoms with Gasteiger partial charge in [-0.1, -0.05) is 121 Å². The number of furan rings is 1. The van der Waals surface area contributed by atoms with Gasteiger partial charge in [0.2, 0.25) is 0 Å². The van der Waals surface area contributed by atoms with E-state index in [2.05, 4.69) is 127 Å². The van der Waals surface area contributed by atoms with Crippen molar-refractivity contribution >= 4 is 53.6 Å². The normalized spacial score (nSPS) is 11.6. The standard InChI is InChI=1S/C40H24N2OS/c1-3-12-25(13-4-1)28-16-7-8-17-29(28)27-22-23-30-34(24-27)43-33-20-11-19-32(36(30)33)40-41-37(26-14-5-2-6-15-26)39-38(42-40)31-18-9-10-21-35(31)44-39/h1-24H. The predicted molar refractivity (Wildman–Crippen MR) is 184 cm³/mol. The van der Waals surface area contributed by atoms with E-state index in [9.17, 15) is 0 Å². The van der Waals surface area contributed by atoms with Crippen molar-refractivity contribution in [1.82, 2.24) is 9.97 Å². The van der Waals surface area contributed by atoms with Crippen molar-refractivity contribution in [3.63, 3.8) is 0 Å². The number of benzene rings is 6. The minimum absolute atomic E-state index is 0.701. The molecule has 0 spiro atoms. The van der Waals surface area contributed by atoms with Gasteiger partial charge in [0, 0.05) is 32.0 Å². The first-order chi connectivity index (χ1) is 21.8. The minimum atomic E-state index is 0.701. The van der Waals surface area contributed by atoms with E-state index in [1.54, 1.807) is 11.3 Å². The van der Waals surface area contributed by atoms with Gasteiger partial charge < -0.3 is 4.42 Å². The SMILES string of the molecule is c1ccc(-c2ccccc2-c2ccc3c(c2)oc2cccc(-c4nc(-c5ccccc5)c5sc6ccccc6c5n4)c23)cc1. The monoisotopic (exact) mass is 580 g/mol. The summed E-state index contributed by atoms with van der Waals surface area (Å²) in [6, 6.07) is 50.7. The molecule has 0 aliphatic heterocycles. The Morgan fingerprint density at radius 1 is 0.477 bits per heavy atom. The van der Waals surface area contributed by atoms with Crippen LogP contribution in [0.25, 0.3) is 87.1 Å². The summed E-state index contributed by atoms with van der Waals surface area (Å²) < 4.78 is 8.84. The summed E-state index contributed by atoms with van der Waals surface area (Å²) in [5.41, 5.74) is 10.3. The second kappa shape index (κ2) is 10.0. The largest absolute Gasteiger partial charge is 0.456 e. The van der Waals surface area contributed by atoms with Crippen molar-refractivity contribution in [1.29, 1.82) is 0 Å². The number of nitrogens with zero attached hydrogens (tertiary/aromatic N) is 2. The molecule has 0 radical (unpaired) electrons. The van der Waals surface area contributed by atoms with Gasteiger partial charge in [0.05, 0.1) is 15.9 Å². The average molecular weight is 581 g/mol. The summed E-state index contributed by atoms with van der Waals surface area (Å²) in [7, 11) is 0. The Morgan fingerprint density at radius 3 is 1.98 bits per heavy atom. The molecule has 0 N–H and O–H groups in total. The number of hydrogen-bond donors (Lipinski definition) is 0. The maximum Gasteiger partial charge on any atom is 0.161 e. The predicted octanol–water partition coefficient (Wildman–Crippen LogP) is 11.4. The van der Waals surface area contributed by atoms with Crippen LogP contribution in [-0.4, -0.2) is 9.97 Å². The highest BCUT2D eigenvalue weighted by molar-refractivity contribution is 7.26. The molecule has 0 amide bonds. The summed E-state index contributed by atoms with van der Waals surface area (Å²) in [4.78, 5) is 10.5. The fourth-order valence-electron chi connectivity index (χ4n) is 6.29. The van der Waals surface area contributed by atoms with Gasteiger partial charge in [-0.15, -0.1) is 11.3 Å². The Labute approximate surface area is 257 Å². The van der Waals surface area contributed by atoms with Gasteiger partial charge >= 0.3 is 0 Å². The van der Waals surface area contributed by atoms with E-state index in [1.807, 2.05) is 18.2 Å². The first-order valence-corrected chi connectivity index (χ1v) is 15.5. The Kier molecular flexibility index (Phi) is 5.68. The van der Waals surface area contributed by atoms with E-state index in [1.165, 1.54) is 21.4 Å². The highest BCUT2D eigenvalue weighted by Crippen LogP contribution is 2.42. The molecule has 44 heavy (non-hydrogen) atoms. The van der Waals surface area contributed by atoms with Crippen molar-refractivity contribution in [2.24, 2.45) is 0 Å². The number of aromatic nitrogens is 2. The molecule has 0 fully saturated rings. The van der Waals surface area contributed by atoms with Crippen LogP contribution in [0.4, 0.5) is 0 Å². The van der Waals surface area contributed by atoms with Gasteiger partial charge in [0.25, 0.3) is 0 Å². The third kappa shape index (κ3) is 3.96. The Bertz CT molecular complexity index is 2490. The summed E-state index contributed by atoms with van der Waals surface area (Å²) in [6.45, 7) is 0. The molecule has 3 heterocycles. The van der Waals surface area contributed by atoms with Crippen molar-refractivity contribution < 1.29 is 4.42 Å². The fraction of sp³-hybridized carbons (Fsp3) is 0. The molecule has 0 aliphatic carbocycles. The third-order valence-corrected chi connectivity index (χ3v) is 9.49. The van der Waals surface area contributed by atoms with E-state index in [0.717, 1.165) is 59.9 Å². The lowest BCUT2D eigenvalue weighted by Gasteiger charge is -2.10. The second-order valence-corrected chi connectivity index (χ2v) is 12.0. The molecule has 0 atom stereocenters. The Balaban J connectivity index is 1.26. The first-order valence-electron chi connectivity index (χ1n) is 14.7. The lowest BCUT2D eigenvalue weighted by Crippen LogP contribution is -1.94. The Morgan fingerprint density at radius 2 is 1.16 bits per heavy atom. The van der Waals surface area contributed by atoms with Crippen LogP contribution in [0.1, 0.15) is 0 Å². The molecular weight excluding hydrogens is 557 g/mol. The molecule has 0 unspecified atom stereocenters. The van der Waals surface area contributed by atoms with Crippen LogP contribution in [0.3, 0.4) is 0 Å². The van der Waals surface area contributed by atoms with Crippen LogP contribution in [-0.2, 0) is 0 Å². The summed E-state index contributed by atoms with van der Waals surface area (Å²) in [6.07, 6.45) is 0. The van der Waals surface area contributed by atoms with E-state index in [4.69, 9.17) is 14.4 Å². The zero-order chi connectivity index (χ0) is 29.0. The molecule has 3 aromatic heterocycles. The lowest BCUT2D eigenvalue weighted by molar-refractivity contribution is 0.669. The number of thiophene rings is 1. The van der Waals surface area contributed by atoms with Gasteiger partial charge in [0.15, 0.2) is 5.82 Å². The number of rotatable bonds is 4. The van der Waals surface area contributed by atoms with Crippen LogP contribution < -0.4 is 0 Å². The van der Waals surface area contributed by atoms with Crippen LogP contribution in [0, 0.1) is 0 Å². The zero-order valence-corrected chi connectivity index (χ0v) is 24.4. The molecule has 0 aliphatic rings. The van der Waals surface area contributed by atoms with Gasteiger partial charge in [-0.05, 0) is 46.5 Å². The average Bonchev–Trinajstić information content (AvgIpc) is 3.66. The molecule has 9 aromatic rings. The highest BCUT2D eigenvalue weighted by Gasteiger charge is 2.20. The minimum Gasteiger partial charge on any atom is -0.456 e. The van der Waals surface area contributed by atoms with Crippen LogP contribution in [0.5, 0.6) is 0 Å². The molecule has 206 valence electrons. The van der Waals surface area contributed by atoms with E-state index in [0.29, 0.717) is 5.82 Å². The van der Waals surface area contributed by atoms with Crippen LogP contribution in [0.2, 0.25) is 0 Å². The van der Waals surface area contributed by atoms with Gasteiger partial charge in [-0.25, -0.2) is 9.97 Å². The smallest absolute Gasteiger partial charge is 0.161 e. The zero-order valence-electron chi connectivity index (χ0n) is 23.6. The van der Waals surface area contributed by atoms with E-state index in [-0.39, 0.29) is 0 Å². The second-order valence-electron chi connectivity index (χ2n) is 10.9. The fourth-order valence-corrected chi connectivity index (χ4v) is 7.44. The maximum atomic E-state index is 6.53. The van der Waals surface area contributed by atoms with Crippen LogP contribution >= 0.6 is 11.3 Å². The molecule has 4 heteroatoms. The summed E-state index contributed by atoms with van der Waals surface area (Å²) in [5, 5.41) is 3.24. The van der Waals surface area contributed by atoms with Crippen molar-refractivity contribution in [3.05, 3.63) is 146 Å². The van der Waals surface area contributed by atoms with Crippen molar-refractivity contribution in [3.8, 4) is 44.9 Å². The van der Waals surface area contributed by atoms with Gasteiger partial charge in [-0.2, -0.15) is 0 Å². The highest BCUT2D eigenvalue weighted by atomic mass is 32.1. The van der Waals surface area contributed by atoms with Crippen molar-refractivity contribution in [2.45, 2.75) is 0 Å².